The molecule has 0 saturated carbocycles. The number of anilines is 1. The number of aromatic nitrogens is 8. The molecule has 7 rings (SSSR count). The summed E-state index contributed by atoms with van der Waals surface area (Å²) < 4.78 is 79.4. The van der Waals surface area contributed by atoms with Gasteiger partial charge < -0.3 is 85.8 Å². The average molecular weight is 1270 g/mol. The van der Waals surface area contributed by atoms with Crippen molar-refractivity contribution < 1.29 is 84.6 Å². The minimum atomic E-state index is -4.54. The van der Waals surface area contributed by atoms with Gasteiger partial charge in [0.1, 0.15) is 43.0 Å². The van der Waals surface area contributed by atoms with Gasteiger partial charge in [-0.05, 0) is 81.3 Å². The monoisotopic (exact) mass is 1270 g/mol. The molecule has 3 saturated heterocycles. The van der Waals surface area contributed by atoms with Gasteiger partial charge in [0.25, 0.3) is 16.7 Å². The van der Waals surface area contributed by atoms with E-state index in [1.807, 2.05) is 0 Å². The Labute approximate surface area is 467 Å². The highest BCUT2D eigenvalue weighted by Crippen LogP contribution is 2.54. The normalized spacial score (nSPS) is 27.5. The summed E-state index contributed by atoms with van der Waals surface area (Å²) >= 11 is 21.4. The third-order valence-corrected chi connectivity index (χ3v) is 18.3. The van der Waals surface area contributed by atoms with Crippen LogP contribution in [0.5, 0.6) is 0 Å². The molecule has 0 amide bonds. The number of aliphatic hydroxyl groups excluding tert-OH is 1. The van der Waals surface area contributed by atoms with Crippen molar-refractivity contribution in [1.29, 1.82) is 0 Å². The van der Waals surface area contributed by atoms with Gasteiger partial charge in [0.2, 0.25) is 5.95 Å². The first kappa shape index (κ1) is 64.0. The predicted octanol–water partition coefficient (Wildman–Crippen LogP) is -0.180. The zero-order valence-electron chi connectivity index (χ0n) is 42.5. The number of nitrogen functional groups attached to an aromatic ring is 1. The van der Waals surface area contributed by atoms with E-state index in [4.69, 9.17) is 113 Å². The summed E-state index contributed by atoms with van der Waals surface area (Å²) in [4.78, 5) is 124. The van der Waals surface area contributed by atoms with Crippen LogP contribution in [0.2, 0.25) is 0 Å². The van der Waals surface area contributed by atoms with Crippen LogP contribution in [0.15, 0.2) is 42.7 Å². The van der Waals surface area contributed by atoms with E-state index in [0.29, 0.717) is 0 Å². The molecule has 7 heterocycles. The van der Waals surface area contributed by atoms with Crippen LogP contribution in [0.3, 0.4) is 0 Å². The number of hydrogen-bond acceptors (Lipinski definition) is 26. The molecule has 0 aliphatic carbocycles. The van der Waals surface area contributed by atoms with Crippen LogP contribution < -0.4 is 33.8 Å². The highest BCUT2D eigenvalue weighted by atomic mass is 32.5. The Morgan fingerprint density at radius 1 is 0.696 bits per heavy atom. The lowest BCUT2D eigenvalue weighted by Crippen LogP contribution is -2.41. The van der Waals surface area contributed by atoms with Crippen LogP contribution in [0.4, 0.5) is 5.95 Å². The number of rotatable bonds is 28. The van der Waals surface area contributed by atoms with Crippen LogP contribution >= 0.6 is 26.9 Å². The quantitative estimate of drug-likeness (QED) is 0.0263. The molecule has 0 bridgehead atoms. The summed E-state index contributed by atoms with van der Waals surface area (Å²) in [5, 5.41) is 9.32. The fourth-order valence-electron chi connectivity index (χ4n) is 8.26. The van der Waals surface area contributed by atoms with Crippen LogP contribution in [0.25, 0.3) is 11.2 Å². The number of aromatic amines is 3. The molecule has 7 unspecified atom stereocenters. The number of nitrogens with one attached hydrogen (secondary N) is 3. The number of fused-ring (bicyclic) bond motifs is 1. The Balaban J connectivity index is 1.12. The second-order valence-corrected chi connectivity index (χ2v) is 29.2. The van der Waals surface area contributed by atoms with E-state index in [0.717, 1.165) is 9.13 Å². The molecule has 0 aromatic carbocycles. The molecule has 32 nitrogen and oxygen atoms in total. The van der Waals surface area contributed by atoms with Crippen LogP contribution in [-0.2, 0) is 107 Å². The van der Waals surface area contributed by atoms with Crippen molar-refractivity contribution in [2.75, 3.05) is 59.1 Å². The minimum Gasteiger partial charge on any atom is -0.396 e. The lowest BCUT2D eigenvalue weighted by atomic mass is 10.1. The lowest BCUT2D eigenvalue weighted by Gasteiger charge is -2.29. The van der Waals surface area contributed by atoms with Gasteiger partial charge in [-0.2, -0.15) is 4.98 Å². The summed E-state index contributed by atoms with van der Waals surface area (Å²) in [7, 11) is 1.40. The number of H-pyrrole nitrogens is 3. The summed E-state index contributed by atoms with van der Waals surface area (Å²) in [6.07, 6.45) is -10.1. The van der Waals surface area contributed by atoms with Gasteiger partial charge in [-0.25, -0.2) is 14.6 Å². The molecule has 79 heavy (non-hydrogen) atoms. The van der Waals surface area contributed by atoms with E-state index in [-0.39, 0.29) is 73.9 Å². The van der Waals surface area contributed by atoms with E-state index >= 15 is 0 Å². The van der Waals surface area contributed by atoms with Crippen molar-refractivity contribution in [2.24, 2.45) is 0 Å². The van der Waals surface area contributed by atoms with E-state index < -0.39 is 142 Å². The van der Waals surface area contributed by atoms with Crippen molar-refractivity contribution in [3.8, 4) is 0 Å². The van der Waals surface area contributed by atoms with Crippen LogP contribution in [0, 0.1) is 13.8 Å². The maximum absolute atomic E-state index is 13.2. The number of methoxy groups -OCH3 is 1. The highest BCUT2D eigenvalue weighted by Gasteiger charge is 2.51. The van der Waals surface area contributed by atoms with Gasteiger partial charge >= 0.3 is 38.3 Å². The van der Waals surface area contributed by atoms with Gasteiger partial charge in [-0.15, -0.1) is 0 Å². The predicted molar refractivity (Wildman–Crippen MR) is 290 cm³/mol. The van der Waals surface area contributed by atoms with E-state index in [9.17, 15) is 48.7 Å². The molecule has 0 spiro atoms. The summed E-state index contributed by atoms with van der Waals surface area (Å²) in [5.74, 6) is -0.214. The first-order valence-electron chi connectivity index (χ1n) is 23.8. The van der Waals surface area contributed by atoms with E-state index in [2.05, 4.69) is 24.9 Å². The molecule has 4 aromatic heterocycles. The number of nitrogens with two attached hydrogens (primary N) is 1. The Morgan fingerprint density at radius 2 is 1.23 bits per heavy atom. The maximum Gasteiger partial charge on any atom is 0.330 e. The van der Waals surface area contributed by atoms with Crippen molar-refractivity contribution in [3.63, 3.8) is 0 Å². The molecule has 442 valence electrons. The number of nitrogens with zero attached hydrogens (tertiary/aromatic N) is 5. The third kappa shape index (κ3) is 16.8. The minimum absolute atomic E-state index is 0.0303. The Hall–Kier alpha value is -2.61. The molecule has 4 aromatic rings. The second-order valence-electron chi connectivity index (χ2n) is 18.0. The van der Waals surface area contributed by atoms with Crippen molar-refractivity contribution in [3.05, 3.63) is 81.9 Å². The largest absolute Gasteiger partial charge is 0.396 e. The first-order valence-corrected chi connectivity index (χ1v) is 34.1. The number of aryl methyl sites for hydroxylation is 2. The highest BCUT2D eigenvalue weighted by molar-refractivity contribution is 8.08. The molecule has 3 aliphatic rings. The third-order valence-electron chi connectivity index (χ3n) is 11.8. The van der Waals surface area contributed by atoms with Gasteiger partial charge in [0.05, 0.1) is 64.3 Å². The Morgan fingerprint density at radius 3 is 1.80 bits per heavy atom. The summed E-state index contributed by atoms with van der Waals surface area (Å²) in [6.45, 7) is -13.4. The molecule has 40 heteroatoms. The number of ether oxygens (including phenoxy) is 5. The molecular formula is C39H59N9O23P4S4. The summed E-state index contributed by atoms with van der Waals surface area (Å²) in [5.41, 5.74) is 2.23. The fourth-order valence-corrected chi connectivity index (χ4v) is 14.3. The fraction of sp³-hybridized carbons (Fsp3) is 0.667. The first-order chi connectivity index (χ1) is 37.1. The molecule has 14 atom stereocenters. The zero-order valence-corrected chi connectivity index (χ0v) is 49.3. The van der Waals surface area contributed by atoms with Gasteiger partial charge in [-0.1, -0.05) is 0 Å². The molecule has 3 aliphatic heterocycles. The van der Waals surface area contributed by atoms with Gasteiger partial charge in [0, 0.05) is 50.1 Å². The van der Waals surface area contributed by atoms with Crippen LogP contribution in [0.1, 0.15) is 62.9 Å². The Kier molecular flexibility index (Phi) is 21.8. The lowest BCUT2D eigenvalue weighted by molar-refractivity contribution is -0.0813. The molecule has 0 radical (unpaired) electrons. The van der Waals surface area contributed by atoms with E-state index in [1.54, 1.807) is 13.8 Å². The van der Waals surface area contributed by atoms with Crippen molar-refractivity contribution in [2.45, 2.75) is 114 Å². The van der Waals surface area contributed by atoms with Gasteiger partial charge in [0.15, 0.2) is 17.4 Å². The average Bonchev–Trinajstić information content (AvgIpc) is 4.16. The topological polar surface area (TPSA) is 420 Å². The van der Waals surface area contributed by atoms with E-state index in [1.165, 1.54) is 44.2 Å². The second kappa shape index (κ2) is 27.0. The number of hydrogen-bond donors (Lipinski definition) is 9. The number of aliphatic hydroxyl groups is 1. The van der Waals surface area contributed by atoms with Crippen LogP contribution in [-0.4, -0.2) is 165 Å². The van der Waals surface area contributed by atoms with Crippen molar-refractivity contribution in [1.82, 2.24) is 38.6 Å². The molecule has 10 N–H and O–H groups in total. The number of imidazole rings is 1. The van der Waals surface area contributed by atoms with Crippen molar-refractivity contribution >= 4 is 91.2 Å². The zero-order chi connectivity index (χ0) is 57.8. The molecular weight excluding hydrogens is 1210 g/mol. The summed E-state index contributed by atoms with van der Waals surface area (Å²) in [6, 6.07) is 0. The van der Waals surface area contributed by atoms with Gasteiger partial charge in [-0.3, -0.25) is 47.6 Å². The smallest absolute Gasteiger partial charge is 0.330 e. The Bertz CT molecular complexity index is 3310. The molecule has 3 fully saturated rings. The maximum atomic E-state index is 13.2. The standard InChI is InChI=1S/C39H59N9O23P4S4/c1-19(2)68-73(56,77)62-15-25-23(12-28(66-25)48-18-41-29-32(48)42-37(40)43-35(29)52)70-74(57,78)63-16-24-22(11-27(65-24)46-13-20(3)33(50)44-38(46)53)69-75(58,79)64-17-26-30(71-72(55,76)61-8-6-7-49)31(60-10-9-59-5)36(67-26)47-14-21(4)34(51)45-39(47)54/h13-14,18-19,22-28,30-31,36,49H,6-12,15-17H2,1-5H3,(H,55,76)(H,56,77)(H,57,78)(H,58,79)(H,44,50,53)(H,45,51,54)(H3,40,42,43,52)/t22?,23?,24-,25-,26-,27-,28-,30?,31+,36-,72?,73?,74?,75?/m1/s1. The SMILES string of the molecule is COCCO[C@H]1C(OP(O)(=S)OCCCO)[C@@H](COP(O)(=S)OC2C[C@H](n3cc(C)c(=O)[nH]c3=O)O[C@@H]2COP(O)(=S)OC2C[C@H](n3cnc4c(=O)[nH]c(N)nc43)O[C@@H]2COP(O)(=S)OC(C)C)O[C@H]1n1cc(C)c(=O)[nH]c1=O.